The number of guanidine groups is 1. The third-order valence-electron chi connectivity index (χ3n) is 5.61. The molecule has 1 aliphatic rings. The zero-order valence-corrected chi connectivity index (χ0v) is 19.1. The highest BCUT2D eigenvalue weighted by molar-refractivity contribution is 5.80. The second kappa shape index (κ2) is 11.1. The van der Waals surface area contributed by atoms with Crippen molar-refractivity contribution in [2.75, 3.05) is 45.7 Å². The Hall–Kier alpha value is -2.88. The number of halogens is 2. The fourth-order valence-electron chi connectivity index (χ4n) is 3.96. The maximum atomic E-state index is 12.4. The number of hydrogen-bond donors (Lipinski definition) is 2. The minimum Gasteiger partial charge on any atom is -0.435 e. The fourth-order valence-corrected chi connectivity index (χ4v) is 3.96. The molecule has 0 amide bonds. The molecule has 1 aromatic heterocycles. The summed E-state index contributed by atoms with van der Waals surface area (Å²) in [6.07, 6.45) is 5.97. The van der Waals surface area contributed by atoms with E-state index >= 15 is 0 Å². The van der Waals surface area contributed by atoms with Crippen molar-refractivity contribution in [1.29, 1.82) is 0 Å². The molecule has 2 unspecified atom stereocenters. The second-order valence-electron chi connectivity index (χ2n) is 8.18. The van der Waals surface area contributed by atoms with Gasteiger partial charge in [-0.1, -0.05) is 0 Å². The summed E-state index contributed by atoms with van der Waals surface area (Å²) in [4.78, 5) is 8.80. The van der Waals surface area contributed by atoms with Crippen molar-refractivity contribution < 1.29 is 13.5 Å². The molecule has 2 aromatic rings. The van der Waals surface area contributed by atoms with Crippen molar-refractivity contribution in [2.45, 2.75) is 31.5 Å². The Labute approximate surface area is 188 Å². The van der Waals surface area contributed by atoms with Gasteiger partial charge in [0.25, 0.3) is 0 Å². The highest BCUT2D eigenvalue weighted by atomic mass is 19.3. The van der Waals surface area contributed by atoms with Gasteiger partial charge in [0.2, 0.25) is 0 Å². The van der Waals surface area contributed by atoms with Crippen LogP contribution in [0.4, 0.5) is 14.5 Å². The molecule has 176 valence electrons. The Bertz CT molecular complexity index is 869. The van der Waals surface area contributed by atoms with Gasteiger partial charge in [-0.3, -0.25) is 9.67 Å². The van der Waals surface area contributed by atoms with Gasteiger partial charge in [0.1, 0.15) is 5.75 Å². The van der Waals surface area contributed by atoms with Crippen LogP contribution >= 0.6 is 0 Å². The van der Waals surface area contributed by atoms with E-state index in [1.54, 1.807) is 19.2 Å². The van der Waals surface area contributed by atoms with Gasteiger partial charge in [0.15, 0.2) is 5.96 Å². The standard InChI is InChI=1S/C22H33F2N7O/c1-25-22(26-13-20(29(2)3)16-12-27-30(4)14-16)28-17-6-5-11-31(15-17)18-7-9-19(10-8-18)32-21(23)24/h7-10,12,14,17,20-21H,5-6,11,13,15H2,1-4H3,(H2,25,26,28). The summed E-state index contributed by atoms with van der Waals surface area (Å²) in [6.45, 7) is -0.396. The molecule has 2 heterocycles. The molecule has 0 bridgehead atoms. The minimum absolute atomic E-state index is 0.166. The first-order valence-electron chi connectivity index (χ1n) is 10.8. The van der Waals surface area contributed by atoms with Crippen LogP contribution in [0.5, 0.6) is 5.75 Å². The summed E-state index contributed by atoms with van der Waals surface area (Å²) >= 11 is 0. The first kappa shape index (κ1) is 23.8. The number of ether oxygens (including phenoxy) is 1. The summed E-state index contributed by atoms with van der Waals surface area (Å²) in [6, 6.07) is 7.20. The summed E-state index contributed by atoms with van der Waals surface area (Å²) < 4.78 is 31.0. The topological polar surface area (TPSA) is 70.0 Å². The molecule has 1 aliphatic heterocycles. The Morgan fingerprint density at radius 3 is 2.66 bits per heavy atom. The summed E-state index contributed by atoms with van der Waals surface area (Å²) in [5.74, 6) is 0.928. The molecular weight excluding hydrogens is 416 g/mol. The van der Waals surface area contributed by atoms with Crippen LogP contribution in [0, 0.1) is 0 Å². The maximum Gasteiger partial charge on any atom is 0.387 e. The quantitative estimate of drug-likeness (QED) is 0.477. The molecule has 0 saturated carbocycles. The largest absolute Gasteiger partial charge is 0.435 e. The lowest BCUT2D eigenvalue weighted by molar-refractivity contribution is -0.0498. The number of hydrogen-bond acceptors (Lipinski definition) is 5. The van der Waals surface area contributed by atoms with Gasteiger partial charge in [0, 0.05) is 57.2 Å². The highest BCUT2D eigenvalue weighted by Gasteiger charge is 2.22. The fraction of sp³-hybridized carbons (Fsp3) is 0.545. The zero-order valence-electron chi connectivity index (χ0n) is 19.1. The Morgan fingerprint density at radius 1 is 1.31 bits per heavy atom. The van der Waals surface area contributed by atoms with Gasteiger partial charge in [0.05, 0.1) is 12.2 Å². The third-order valence-corrected chi connectivity index (χ3v) is 5.61. The smallest absolute Gasteiger partial charge is 0.387 e. The Morgan fingerprint density at radius 2 is 2.06 bits per heavy atom. The van der Waals surface area contributed by atoms with E-state index < -0.39 is 6.61 Å². The van der Waals surface area contributed by atoms with Gasteiger partial charge >= 0.3 is 6.61 Å². The van der Waals surface area contributed by atoms with Gasteiger partial charge in [-0.05, 0) is 51.2 Å². The number of piperidine rings is 1. The Balaban J connectivity index is 1.55. The van der Waals surface area contributed by atoms with E-state index in [4.69, 9.17) is 0 Å². The normalized spacial score (nSPS) is 18.2. The van der Waals surface area contributed by atoms with Crippen molar-refractivity contribution >= 4 is 11.6 Å². The van der Waals surface area contributed by atoms with Gasteiger partial charge < -0.3 is 25.2 Å². The molecule has 0 aliphatic carbocycles. The Kier molecular flexibility index (Phi) is 8.26. The van der Waals surface area contributed by atoms with Crippen LogP contribution in [0.3, 0.4) is 0 Å². The number of aryl methyl sites for hydroxylation is 1. The molecule has 1 saturated heterocycles. The third kappa shape index (κ3) is 6.56. The molecule has 10 heteroatoms. The van der Waals surface area contributed by atoms with Crippen molar-refractivity contribution in [3.63, 3.8) is 0 Å². The number of benzene rings is 1. The number of aliphatic imine (C=N–C) groups is 1. The van der Waals surface area contributed by atoms with Crippen LogP contribution in [-0.2, 0) is 7.05 Å². The summed E-state index contributed by atoms with van der Waals surface area (Å²) in [5.41, 5.74) is 2.13. The molecule has 2 N–H and O–H groups in total. The van der Waals surface area contributed by atoms with E-state index in [0.29, 0.717) is 6.54 Å². The van der Waals surface area contributed by atoms with E-state index in [2.05, 4.69) is 35.3 Å². The number of nitrogens with one attached hydrogen (secondary N) is 2. The zero-order chi connectivity index (χ0) is 23.1. The van der Waals surface area contributed by atoms with Crippen LogP contribution in [0.2, 0.25) is 0 Å². The number of alkyl halides is 2. The van der Waals surface area contributed by atoms with E-state index in [1.807, 2.05) is 50.4 Å². The molecule has 32 heavy (non-hydrogen) atoms. The predicted octanol–water partition coefficient (Wildman–Crippen LogP) is 2.46. The molecular formula is C22H33F2N7O. The molecule has 0 spiro atoms. The lowest BCUT2D eigenvalue weighted by Gasteiger charge is -2.35. The number of rotatable bonds is 8. The SMILES string of the molecule is CN=C(NCC(c1cnn(C)c1)N(C)C)NC1CCCN(c2ccc(OC(F)F)cc2)C1. The van der Waals surface area contributed by atoms with E-state index in [-0.39, 0.29) is 17.8 Å². The van der Waals surface area contributed by atoms with Gasteiger partial charge in [-0.2, -0.15) is 13.9 Å². The lowest BCUT2D eigenvalue weighted by atomic mass is 10.0. The van der Waals surface area contributed by atoms with Crippen LogP contribution in [-0.4, -0.2) is 74.1 Å². The number of anilines is 1. The van der Waals surface area contributed by atoms with Crippen molar-refractivity contribution in [1.82, 2.24) is 25.3 Å². The lowest BCUT2D eigenvalue weighted by Crippen LogP contribution is -2.52. The molecule has 8 nitrogen and oxygen atoms in total. The average molecular weight is 450 g/mol. The van der Waals surface area contributed by atoms with Crippen molar-refractivity contribution in [3.8, 4) is 5.75 Å². The number of aromatic nitrogens is 2. The molecule has 1 aromatic carbocycles. The van der Waals surface area contributed by atoms with E-state index in [0.717, 1.165) is 43.1 Å². The highest BCUT2D eigenvalue weighted by Crippen LogP contribution is 2.24. The van der Waals surface area contributed by atoms with Crippen LogP contribution in [0.1, 0.15) is 24.4 Å². The number of nitrogens with zero attached hydrogens (tertiary/aromatic N) is 5. The molecule has 1 fully saturated rings. The summed E-state index contributed by atoms with van der Waals surface area (Å²) in [7, 11) is 7.78. The van der Waals surface area contributed by atoms with Gasteiger partial charge in [-0.25, -0.2) is 0 Å². The minimum atomic E-state index is -2.81. The predicted molar refractivity (Wildman–Crippen MR) is 122 cm³/mol. The molecule has 2 atom stereocenters. The summed E-state index contributed by atoms with van der Waals surface area (Å²) in [5, 5.41) is 11.3. The molecule has 0 radical (unpaired) electrons. The van der Waals surface area contributed by atoms with Crippen LogP contribution < -0.4 is 20.3 Å². The van der Waals surface area contributed by atoms with Crippen LogP contribution in [0.25, 0.3) is 0 Å². The second-order valence-corrected chi connectivity index (χ2v) is 8.18. The van der Waals surface area contributed by atoms with E-state index in [9.17, 15) is 8.78 Å². The van der Waals surface area contributed by atoms with Crippen LogP contribution in [0.15, 0.2) is 41.7 Å². The monoisotopic (exact) mass is 449 g/mol. The first-order chi connectivity index (χ1) is 15.4. The van der Waals surface area contributed by atoms with E-state index in [1.165, 1.54) is 0 Å². The van der Waals surface area contributed by atoms with Gasteiger partial charge in [-0.15, -0.1) is 0 Å². The molecule has 3 rings (SSSR count). The maximum absolute atomic E-state index is 12.4. The van der Waals surface area contributed by atoms with Crippen molar-refractivity contribution in [3.05, 3.63) is 42.2 Å². The average Bonchev–Trinajstić information content (AvgIpc) is 3.19. The first-order valence-corrected chi connectivity index (χ1v) is 10.8. The number of likely N-dealkylation sites (N-methyl/N-ethyl adjacent to an activating group) is 1. The van der Waals surface area contributed by atoms with Crippen molar-refractivity contribution in [2.24, 2.45) is 12.0 Å².